The minimum atomic E-state index is -1.01. The first-order valence-corrected chi connectivity index (χ1v) is 9.72. The SMILES string of the molecule is CC(C)[C@H](NC(=O)C1CCC(Cn2nnc3ccccc3c2=O)CC1)C(=O)O. The van der Waals surface area contributed by atoms with Crippen molar-refractivity contribution in [2.45, 2.75) is 52.1 Å². The van der Waals surface area contributed by atoms with E-state index in [2.05, 4.69) is 15.6 Å². The van der Waals surface area contributed by atoms with Gasteiger partial charge in [-0.1, -0.05) is 31.2 Å². The smallest absolute Gasteiger partial charge is 0.326 e. The minimum Gasteiger partial charge on any atom is -0.480 e. The first-order chi connectivity index (χ1) is 13.4. The van der Waals surface area contributed by atoms with E-state index in [-0.39, 0.29) is 29.2 Å². The van der Waals surface area contributed by atoms with Crippen molar-refractivity contribution in [3.8, 4) is 0 Å². The second kappa shape index (κ2) is 8.50. The average Bonchev–Trinajstić information content (AvgIpc) is 2.68. The summed E-state index contributed by atoms with van der Waals surface area (Å²) in [5.74, 6) is -1.31. The Morgan fingerprint density at radius 1 is 1.21 bits per heavy atom. The molecular formula is C20H26N4O4. The number of fused-ring (bicyclic) bond motifs is 1. The number of aromatic nitrogens is 3. The highest BCUT2D eigenvalue weighted by Crippen LogP contribution is 2.30. The molecule has 150 valence electrons. The van der Waals surface area contributed by atoms with Gasteiger partial charge >= 0.3 is 5.97 Å². The largest absolute Gasteiger partial charge is 0.480 e. The van der Waals surface area contributed by atoms with Crippen LogP contribution >= 0.6 is 0 Å². The van der Waals surface area contributed by atoms with Crippen LogP contribution in [0.1, 0.15) is 39.5 Å². The van der Waals surface area contributed by atoms with E-state index >= 15 is 0 Å². The Bertz CT molecular complexity index is 916. The molecule has 8 nitrogen and oxygen atoms in total. The molecule has 1 heterocycles. The molecule has 1 saturated carbocycles. The van der Waals surface area contributed by atoms with Crippen LogP contribution in [0.4, 0.5) is 0 Å². The van der Waals surface area contributed by atoms with Crippen LogP contribution in [0.25, 0.3) is 10.9 Å². The Kier molecular flexibility index (Phi) is 6.06. The fourth-order valence-corrected chi connectivity index (χ4v) is 3.78. The number of carbonyl (C=O) groups excluding carboxylic acids is 1. The van der Waals surface area contributed by atoms with Gasteiger partial charge in [0.2, 0.25) is 5.91 Å². The lowest BCUT2D eigenvalue weighted by atomic mass is 9.81. The maximum absolute atomic E-state index is 12.6. The number of carbonyl (C=O) groups is 2. The summed E-state index contributed by atoms with van der Waals surface area (Å²) in [5, 5.41) is 20.6. The van der Waals surface area contributed by atoms with Gasteiger partial charge in [-0.3, -0.25) is 9.59 Å². The molecule has 1 aliphatic carbocycles. The van der Waals surface area contributed by atoms with Crippen LogP contribution in [0.3, 0.4) is 0 Å². The number of hydrogen-bond acceptors (Lipinski definition) is 5. The number of carboxylic acid groups (broad SMARTS) is 1. The van der Waals surface area contributed by atoms with Crippen LogP contribution in [0.2, 0.25) is 0 Å². The maximum Gasteiger partial charge on any atom is 0.326 e. The van der Waals surface area contributed by atoms with Crippen molar-refractivity contribution >= 4 is 22.8 Å². The first-order valence-electron chi connectivity index (χ1n) is 9.72. The molecule has 3 rings (SSSR count). The van der Waals surface area contributed by atoms with Crippen molar-refractivity contribution in [1.29, 1.82) is 0 Å². The molecule has 1 fully saturated rings. The van der Waals surface area contributed by atoms with Crippen molar-refractivity contribution in [1.82, 2.24) is 20.3 Å². The summed E-state index contributed by atoms with van der Waals surface area (Å²) in [7, 11) is 0. The number of amides is 1. The highest BCUT2D eigenvalue weighted by molar-refractivity contribution is 5.85. The molecule has 1 atom stereocenters. The number of hydrogen-bond donors (Lipinski definition) is 2. The zero-order valence-corrected chi connectivity index (χ0v) is 16.2. The van der Waals surface area contributed by atoms with Crippen molar-refractivity contribution in [2.24, 2.45) is 17.8 Å². The van der Waals surface area contributed by atoms with Crippen LogP contribution in [-0.4, -0.2) is 38.0 Å². The predicted octanol–water partition coefficient (Wildman–Crippen LogP) is 1.82. The van der Waals surface area contributed by atoms with Crippen molar-refractivity contribution in [3.05, 3.63) is 34.6 Å². The van der Waals surface area contributed by atoms with Gasteiger partial charge in [0.15, 0.2) is 0 Å². The summed E-state index contributed by atoms with van der Waals surface area (Å²) in [5.41, 5.74) is 0.439. The van der Waals surface area contributed by atoms with E-state index in [9.17, 15) is 19.5 Å². The Balaban J connectivity index is 1.59. The van der Waals surface area contributed by atoms with Crippen LogP contribution < -0.4 is 10.9 Å². The van der Waals surface area contributed by atoms with Crippen LogP contribution in [0.15, 0.2) is 29.1 Å². The monoisotopic (exact) mass is 386 g/mol. The molecule has 8 heteroatoms. The van der Waals surface area contributed by atoms with Crippen molar-refractivity contribution in [3.63, 3.8) is 0 Å². The molecule has 0 spiro atoms. The summed E-state index contributed by atoms with van der Waals surface area (Å²) in [6.07, 6.45) is 2.93. The van der Waals surface area contributed by atoms with Gasteiger partial charge in [-0.25, -0.2) is 9.48 Å². The third-order valence-electron chi connectivity index (χ3n) is 5.51. The summed E-state index contributed by atoms with van der Waals surface area (Å²) < 4.78 is 1.41. The number of nitrogens with one attached hydrogen (secondary N) is 1. The first kappa shape index (κ1) is 20.0. The Hall–Kier alpha value is -2.77. The lowest BCUT2D eigenvalue weighted by molar-refractivity contribution is -0.144. The van der Waals surface area contributed by atoms with E-state index in [0.29, 0.717) is 30.3 Å². The Labute approximate surface area is 162 Å². The lowest BCUT2D eigenvalue weighted by Gasteiger charge is -2.29. The van der Waals surface area contributed by atoms with Gasteiger partial charge in [-0.2, -0.15) is 0 Å². The van der Waals surface area contributed by atoms with Gasteiger partial charge in [0.1, 0.15) is 11.6 Å². The average molecular weight is 386 g/mol. The predicted molar refractivity (Wildman–Crippen MR) is 104 cm³/mol. The summed E-state index contributed by atoms with van der Waals surface area (Å²) >= 11 is 0. The number of nitrogens with zero attached hydrogens (tertiary/aromatic N) is 3. The van der Waals surface area contributed by atoms with E-state index < -0.39 is 12.0 Å². The van der Waals surface area contributed by atoms with Crippen LogP contribution in [0, 0.1) is 17.8 Å². The van der Waals surface area contributed by atoms with Gasteiger partial charge in [-0.15, -0.1) is 5.10 Å². The van der Waals surface area contributed by atoms with Gasteiger partial charge in [-0.05, 0) is 49.7 Å². The highest BCUT2D eigenvalue weighted by Gasteiger charge is 2.30. The molecule has 28 heavy (non-hydrogen) atoms. The second-order valence-electron chi connectivity index (χ2n) is 7.88. The van der Waals surface area contributed by atoms with Crippen molar-refractivity contribution < 1.29 is 14.7 Å². The lowest BCUT2D eigenvalue weighted by Crippen LogP contribution is -2.47. The molecule has 0 aliphatic heterocycles. The van der Waals surface area contributed by atoms with E-state index in [1.165, 1.54) is 4.68 Å². The Morgan fingerprint density at radius 3 is 2.54 bits per heavy atom. The molecule has 0 radical (unpaired) electrons. The molecule has 1 aliphatic rings. The van der Waals surface area contributed by atoms with Gasteiger partial charge in [0.25, 0.3) is 5.56 Å². The zero-order valence-electron chi connectivity index (χ0n) is 16.2. The number of rotatable bonds is 6. The summed E-state index contributed by atoms with van der Waals surface area (Å²) in [6.45, 7) is 4.03. The summed E-state index contributed by atoms with van der Waals surface area (Å²) in [4.78, 5) is 36.3. The van der Waals surface area contributed by atoms with E-state index in [0.717, 1.165) is 12.8 Å². The molecule has 0 saturated heterocycles. The molecule has 1 aromatic heterocycles. The van der Waals surface area contributed by atoms with E-state index in [1.807, 2.05) is 6.07 Å². The second-order valence-corrected chi connectivity index (χ2v) is 7.88. The molecule has 2 N–H and O–H groups in total. The van der Waals surface area contributed by atoms with Gasteiger partial charge in [0, 0.05) is 12.5 Å². The highest BCUT2D eigenvalue weighted by atomic mass is 16.4. The van der Waals surface area contributed by atoms with Crippen LogP contribution in [-0.2, 0) is 16.1 Å². The standard InChI is InChI=1S/C20H26N4O4/c1-12(2)17(20(27)28)21-18(25)14-9-7-13(8-10-14)11-24-19(26)15-5-3-4-6-16(15)22-23-24/h3-6,12-14,17H,7-11H2,1-2H3,(H,21,25)(H,27,28)/t13?,14?,17-/m0/s1. The minimum absolute atomic E-state index is 0.147. The summed E-state index contributed by atoms with van der Waals surface area (Å²) in [6, 6.07) is 6.27. The number of benzene rings is 1. The molecular weight excluding hydrogens is 360 g/mol. The fraction of sp³-hybridized carbons (Fsp3) is 0.550. The number of carboxylic acids is 1. The molecule has 2 aromatic rings. The Morgan fingerprint density at radius 2 is 1.89 bits per heavy atom. The molecule has 1 amide bonds. The number of aliphatic carboxylic acids is 1. The van der Waals surface area contributed by atoms with E-state index in [1.54, 1.807) is 32.0 Å². The molecule has 0 bridgehead atoms. The molecule has 0 unspecified atom stereocenters. The maximum atomic E-state index is 12.6. The normalized spacial score (nSPS) is 20.8. The van der Waals surface area contributed by atoms with E-state index in [4.69, 9.17) is 0 Å². The van der Waals surface area contributed by atoms with Gasteiger partial charge in [0.05, 0.1) is 5.39 Å². The quantitative estimate of drug-likeness (QED) is 0.783. The molecule has 1 aromatic carbocycles. The van der Waals surface area contributed by atoms with Crippen LogP contribution in [0.5, 0.6) is 0 Å². The topological polar surface area (TPSA) is 114 Å². The third-order valence-corrected chi connectivity index (χ3v) is 5.51. The fourth-order valence-electron chi connectivity index (χ4n) is 3.78. The van der Waals surface area contributed by atoms with Gasteiger partial charge < -0.3 is 10.4 Å². The zero-order chi connectivity index (χ0) is 20.3. The van der Waals surface area contributed by atoms with Crippen molar-refractivity contribution in [2.75, 3.05) is 0 Å². The third kappa shape index (κ3) is 4.37.